The van der Waals surface area contributed by atoms with Gasteiger partial charge in [0.15, 0.2) is 0 Å². The van der Waals surface area contributed by atoms with Gasteiger partial charge in [-0.1, -0.05) is 6.92 Å². The Kier molecular flexibility index (Phi) is 4.98. The number of carbonyl (C=O) groups excluding carboxylic acids is 1. The van der Waals surface area contributed by atoms with Crippen molar-refractivity contribution in [1.29, 1.82) is 0 Å². The van der Waals surface area contributed by atoms with Gasteiger partial charge in [-0.2, -0.15) is 5.10 Å². The lowest BCUT2D eigenvalue weighted by atomic mass is 10.1. The summed E-state index contributed by atoms with van der Waals surface area (Å²) in [7, 11) is 0. The van der Waals surface area contributed by atoms with Crippen molar-refractivity contribution < 1.29 is 4.79 Å². The van der Waals surface area contributed by atoms with E-state index in [2.05, 4.69) is 29.6 Å². The minimum atomic E-state index is 0.0241. The van der Waals surface area contributed by atoms with Crippen LogP contribution in [-0.4, -0.2) is 15.7 Å². The number of aromatic nitrogens is 2. The van der Waals surface area contributed by atoms with Crippen molar-refractivity contribution in [2.45, 2.75) is 39.8 Å². The SMILES string of the molecule is CCC(=O)Nc1ccc(NC(C)c2cnn(CC)c2)cc1. The number of hydrogen-bond donors (Lipinski definition) is 2. The minimum Gasteiger partial charge on any atom is -0.378 e. The van der Waals surface area contributed by atoms with Gasteiger partial charge in [-0.05, 0) is 38.1 Å². The lowest BCUT2D eigenvalue weighted by Crippen LogP contribution is -2.09. The summed E-state index contributed by atoms with van der Waals surface area (Å²) in [5.74, 6) is 0.0241. The second-order valence-corrected chi connectivity index (χ2v) is 4.97. The summed E-state index contributed by atoms with van der Waals surface area (Å²) in [5, 5.41) is 10.5. The molecule has 1 unspecified atom stereocenters. The van der Waals surface area contributed by atoms with E-state index in [4.69, 9.17) is 0 Å². The van der Waals surface area contributed by atoms with Crippen LogP contribution in [0, 0.1) is 0 Å². The highest BCUT2D eigenvalue weighted by Crippen LogP contribution is 2.20. The molecule has 1 heterocycles. The molecule has 1 atom stereocenters. The number of aryl methyl sites for hydroxylation is 1. The number of anilines is 2. The first-order chi connectivity index (χ1) is 10.1. The molecule has 1 amide bonds. The summed E-state index contributed by atoms with van der Waals surface area (Å²) < 4.78 is 1.91. The molecule has 2 N–H and O–H groups in total. The van der Waals surface area contributed by atoms with Crippen molar-refractivity contribution in [2.75, 3.05) is 10.6 Å². The second kappa shape index (κ2) is 6.92. The summed E-state index contributed by atoms with van der Waals surface area (Å²) in [6, 6.07) is 7.91. The number of hydrogen-bond acceptors (Lipinski definition) is 3. The van der Waals surface area contributed by atoms with Crippen LogP contribution in [0.2, 0.25) is 0 Å². The molecule has 0 fully saturated rings. The van der Waals surface area contributed by atoms with Crippen LogP contribution in [-0.2, 0) is 11.3 Å². The number of carbonyl (C=O) groups is 1. The lowest BCUT2D eigenvalue weighted by molar-refractivity contribution is -0.115. The smallest absolute Gasteiger partial charge is 0.224 e. The highest BCUT2D eigenvalue weighted by atomic mass is 16.1. The fourth-order valence-electron chi connectivity index (χ4n) is 2.01. The largest absolute Gasteiger partial charge is 0.378 e. The number of nitrogens with one attached hydrogen (secondary N) is 2. The van der Waals surface area contributed by atoms with Crippen LogP contribution in [0.4, 0.5) is 11.4 Å². The Balaban J connectivity index is 1.97. The summed E-state index contributed by atoms with van der Waals surface area (Å²) in [6.45, 7) is 6.88. The van der Waals surface area contributed by atoms with E-state index in [1.807, 2.05) is 48.3 Å². The average molecular weight is 286 g/mol. The van der Waals surface area contributed by atoms with Crippen LogP contribution in [0.15, 0.2) is 36.7 Å². The second-order valence-electron chi connectivity index (χ2n) is 4.97. The quantitative estimate of drug-likeness (QED) is 0.855. The van der Waals surface area contributed by atoms with Crippen LogP contribution in [0.3, 0.4) is 0 Å². The zero-order valence-corrected chi connectivity index (χ0v) is 12.8. The van der Waals surface area contributed by atoms with Crippen molar-refractivity contribution in [2.24, 2.45) is 0 Å². The predicted molar refractivity (Wildman–Crippen MR) is 85.3 cm³/mol. The van der Waals surface area contributed by atoms with Gasteiger partial charge in [-0.3, -0.25) is 9.48 Å². The highest BCUT2D eigenvalue weighted by molar-refractivity contribution is 5.90. The van der Waals surface area contributed by atoms with Crippen molar-refractivity contribution >= 4 is 17.3 Å². The molecule has 21 heavy (non-hydrogen) atoms. The van der Waals surface area contributed by atoms with E-state index < -0.39 is 0 Å². The van der Waals surface area contributed by atoms with Crippen LogP contribution >= 0.6 is 0 Å². The van der Waals surface area contributed by atoms with Crippen molar-refractivity contribution in [1.82, 2.24) is 9.78 Å². The summed E-state index contributed by atoms with van der Waals surface area (Å²) in [6.07, 6.45) is 4.42. The number of amides is 1. The Morgan fingerprint density at radius 1 is 1.24 bits per heavy atom. The van der Waals surface area contributed by atoms with Crippen LogP contribution < -0.4 is 10.6 Å². The molecule has 0 aliphatic carbocycles. The first-order valence-corrected chi connectivity index (χ1v) is 7.31. The van der Waals surface area contributed by atoms with Gasteiger partial charge in [-0.25, -0.2) is 0 Å². The van der Waals surface area contributed by atoms with E-state index in [1.165, 1.54) is 0 Å². The third-order valence-corrected chi connectivity index (χ3v) is 3.35. The zero-order valence-electron chi connectivity index (χ0n) is 12.8. The molecular weight excluding hydrogens is 264 g/mol. The lowest BCUT2D eigenvalue weighted by Gasteiger charge is -2.14. The zero-order chi connectivity index (χ0) is 15.2. The third kappa shape index (κ3) is 4.08. The Hall–Kier alpha value is -2.30. The van der Waals surface area contributed by atoms with Crippen LogP contribution in [0.1, 0.15) is 38.8 Å². The van der Waals surface area contributed by atoms with Gasteiger partial charge < -0.3 is 10.6 Å². The maximum atomic E-state index is 11.3. The molecule has 0 bridgehead atoms. The summed E-state index contributed by atoms with van der Waals surface area (Å²) in [5.41, 5.74) is 2.99. The maximum Gasteiger partial charge on any atom is 0.224 e. The molecule has 5 heteroatoms. The fourth-order valence-corrected chi connectivity index (χ4v) is 2.01. The normalized spacial score (nSPS) is 12.0. The third-order valence-electron chi connectivity index (χ3n) is 3.35. The fraction of sp³-hybridized carbons (Fsp3) is 0.375. The van der Waals surface area contributed by atoms with Gasteiger partial charge in [0.2, 0.25) is 5.91 Å². The van der Waals surface area contributed by atoms with E-state index in [-0.39, 0.29) is 11.9 Å². The van der Waals surface area contributed by atoms with Gasteiger partial charge in [-0.15, -0.1) is 0 Å². The van der Waals surface area contributed by atoms with Crippen molar-refractivity contribution in [3.63, 3.8) is 0 Å². The molecule has 0 radical (unpaired) electrons. The molecule has 0 aliphatic heterocycles. The molecule has 1 aromatic carbocycles. The Morgan fingerprint density at radius 2 is 1.90 bits per heavy atom. The maximum absolute atomic E-state index is 11.3. The standard InChI is InChI=1S/C16H22N4O/c1-4-16(21)19-15-8-6-14(7-9-15)18-12(3)13-10-17-20(5-2)11-13/h6-12,18H,4-5H2,1-3H3,(H,19,21). The van der Waals surface area contributed by atoms with Gasteiger partial charge in [0.25, 0.3) is 0 Å². The summed E-state index contributed by atoms with van der Waals surface area (Å²) >= 11 is 0. The van der Waals surface area contributed by atoms with Crippen LogP contribution in [0.5, 0.6) is 0 Å². The molecular formula is C16H22N4O. The Morgan fingerprint density at radius 3 is 2.48 bits per heavy atom. The molecule has 1 aromatic heterocycles. The minimum absolute atomic E-state index is 0.0241. The molecule has 2 aromatic rings. The van der Waals surface area contributed by atoms with Gasteiger partial charge >= 0.3 is 0 Å². The molecule has 2 rings (SSSR count). The van der Waals surface area contributed by atoms with Gasteiger partial charge in [0.1, 0.15) is 0 Å². The number of benzene rings is 1. The first-order valence-electron chi connectivity index (χ1n) is 7.31. The van der Waals surface area contributed by atoms with E-state index >= 15 is 0 Å². The van der Waals surface area contributed by atoms with E-state index in [9.17, 15) is 4.79 Å². The van der Waals surface area contributed by atoms with E-state index in [1.54, 1.807) is 0 Å². The Labute approximate surface area is 125 Å². The van der Waals surface area contributed by atoms with E-state index in [0.29, 0.717) is 6.42 Å². The number of nitrogens with zero attached hydrogens (tertiary/aromatic N) is 2. The van der Waals surface area contributed by atoms with Crippen LogP contribution in [0.25, 0.3) is 0 Å². The molecule has 5 nitrogen and oxygen atoms in total. The molecule has 0 saturated carbocycles. The van der Waals surface area contributed by atoms with Crippen molar-refractivity contribution in [3.05, 3.63) is 42.2 Å². The number of rotatable bonds is 6. The topological polar surface area (TPSA) is 59.0 Å². The van der Waals surface area contributed by atoms with E-state index in [0.717, 1.165) is 23.5 Å². The molecule has 112 valence electrons. The molecule has 0 aliphatic rings. The van der Waals surface area contributed by atoms with Gasteiger partial charge in [0.05, 0.1) is 12.2 Å². The molecule has 0 saturated heterocycles. The first kappa shape index (κ1) is 15.1. The summed E-state index contributed by atoms with van der Waals surface area (Å²) in [4.78, 5) is 11.3. The molecule has 0 spiro atoms. The van der Waals surface area contributed by atoms with Crippen molar-refractivity contribution in [3.8, 4) is 0 Å². The highest BCUT2D eigenvalue weighted by Gasteiger charge is 2.08. The van der Waals surface area contributed by atoms with Gasteiger partial charge in [0, 0.05) is 36.1 Å². The predicted octanol–water partition coefficient (Wildman–Crippen LogP) is 3.42. The average Bonchev–Trinajstić information content (AvgIpc) is 2.98. The Bertz CT molecular complexity index is 589. The monoisotopic (exact) mass is 286 g/mol.